The van der Waals surface area contributed by atoms with Gasteiger partial charge in [-0.2, -0.15) is 0 Å². The summed E-state index contributed by atoms with van der Waals surface area (Å²) >= 11 is 0. The van der Waals surface area contributed by atoms with Crippen molar-refractivity contribution in [3.63, 3.8) is 0 Å². The molecule has 1 aliphatic rings. The normalized spacial score (nSPS) is 17.4. The number of hydrogen-bond acceptors (Lipinski definition) is 3. The molecule has 0 saturated heterocycles. The number of fused-ring (bicyclic) bond motifs is 1. The molecule has 2 rings (SSSR count). The van der Waals surface area contributed by atoms with E-state index in [1.54, 1.807) is 0 Å². The highest BCUT2D eigenvalue weighted by atomic mass is 16.5. The van der Waals surface area contributed by atoms with Crippen LogP contribution in [-0.4, -0.2) is 29.6 Å². The summed E-state index contributed by atoms with van der Waals surface area (Å²) in [5.74, 6) is -0.862. The number of aliphatic carboxylic acids is 1. The number of rotatable bonds is 4. The van der Waals surface area contributed by atoms with Gasteiger partial charge in [-0.3, -0.25) is 9.59 Å². The molecule has 20 heavy (non-hydrogen) atoms. The minimum atomic E-state index is -1.06. The second-order valence-corrected chi connectivity index (χ2v) is 5.06. The lowest BCUT2D eigenvalue weighted by Gasteiger charge is -2.34. The fraction of sp³-hybridized carbons (Fsp3) is 0.333. The quantitative estimate of drug-likeness (QED) is 0.855. The maximum absolute atomic E-state index is 12.3. The van der Waals surface area contributed by atoms with E-state index in [0.717, 1.165) is 11.1 Å². The summed E-state index contributed by atoms with van der Waals surface area (Å²) in [4.78, 5) is 24.7. The minimum absolute atomic E-state index is 0.341. The third kappa shape index (κ3) is 2.82. The van der Waals surface area contributed by atoms with Gasteiger partial charge in [0, 0.05) is 6.54 Å². The van der Waals surface area contributed by atoms with Gasteiger partial charge >= 0.3 is 5.97 Å². The zero-order valence-electron chi connectivity index (χ0n) is 11.5. The topological polar surface area (TPSA) is 66.8 Å². The molecule has 0 radical (unpaired) electrons. The van der Waals surface area contributed by atoms with E-state index in [0.29, 0.717) is 18.0 Å². The van der Waals surface area contributed by atoms with Crippen LogP contribution in [0.4, 0.5) is 5.69 Å². The van der Waals surface area contributed by atoms with Crippen molar-refractivity contribution in [2.75, 3.05) is 11.4 Å². The van der Waals surface area contributed by atoms with E-state index < -0.39 is 12.1 Å². The molecule has 1 amide bonds. The van der Waals surface area contributed by atoms with E-state index in [1.165, 1.54) is 4.90 Å². The smallest absolute Gasteiger partial charge is 0.307 e. The summed E-state index contributed by atoms with van der Waals surface area (Å²) in [6, 6.07) is 5.50. The molecule has 1 aliphatic heterocycles. The fourth-order valence-electron chi connectivity index (χ4n) is 2.16. The molecule has 1 atom stereocenters. The molecule has 0 saturated carbocycles. The van der Waals surface area contributed by atoms with Crippen LogP contribution in [0.3, 0.4) is 0 Å². The minimum Gasteiger partial charge on any atom is -0.481 e. The van der Waals surface area contributed by atoms with Crippen LogP contribution in [-0.2, 0) is 9.59 Å². The highest BCUT2D eigenvalue weighted by molar-refractivity contribution is 6.01. The first-order valence-corrected chi connectivity index (χ1v) is 6.33. The van der Waals surface area contributed by atoms with Gasteiger partial charge in [0.1, 0.15) is 5.75 Å². The maximum atomic E-state index is 12.3. The third-order valence-corrected chi connectivity index (χ3v) is 3.00. The van der Waals surface area contributed by atoms with Crippen molar-refractivity contribution in [2.45, 2.75) is 26.4 Å². The monoisotopic (exact) mass is 275 g/mol. The Hall–Kier alpha value is -2.30. The molecule has 1 aromatic carbocycles. The van der Waals surface area contributed by atoms with Crippen molar-refractivity contribution in [3.05, 3.63) is 35.9 Å². The second kappa shape index (κ2) is 5.36. The molecule has 0 bridgehead atoms. The molecule has 0 aliphatic carbocycles. The number of anilines is 1. The number of benzene rings is 1. The molecule has 106 valence electrons. The third-order valence-electron chi connectivity index (χ3n) is 3.00. The van der Waals surface area contributed by atoms with Gasteiger partial charge in [0.05, 0.1) is 12.1 Å². The molecular weight excluding hydrogens is 258 g/mol. The molecule has 1 unspecified atom stereocenters. The number of carboxylic acid groups (broad SMARTS) is 1. The molecule has 0 spiro atoms. The van der Waals surface area contributed by atoms with Crippen LogP contribution in [0.15, 0.2) is 30.4 Å². The predicted molar refractivity (Wildman–Crippen MR) is 75.0 cm³/mol. The zero-order valence-corrected chi connectivity index (χ0v) is 11.5. The van der Waals surface area contributed by atoms with Crippen molar-refractivity contribution < 1.29 is 19.4 Å². The molecule has 5 heteroatoms. The Bertz CT molecular complexity index is 579. The fourth-order valence-corrected chi connectivity index (χ4v) is 2.16. The van der Waals surface area contributed by atoms with Crippen LogP contribution >= 0.6 is 0 Å². The summed E-state index contributed by atoms with van der Waals surface area (Å²) in [6.07, 6.45) is -1.33. The average molecular weight is 275 g/mol. The maximum Gasteiger partial charge on any atom is 0.307 e. The van der Waals surface area contributed by atoms with Gasteiger partial charge in [0.15, 0.2) is 6.10 Å². The first-order chi connectivity index (χ1) is 9.38. The zero-order chi connectivity index (χ0) is 14.9. The number of ether oxygens (including phenoxy) is 1. The summed E-state index contributed by atoms with van der Waals surface area (Å²) in [5, 5.41) is 8.89. The van der Waals surface area contributed by atoms with Crippen molar-refractivity contribution in [3.8, 4) is 5.75 Å². The summed E-state index contributed by atoms with van der Waals surface area (Å²) in [6.45, 7) is 7.90. The number of nitrogens with zero attached hydrogens (tertiary/aromatic N) is 1. The number of hydrogen-bond donors (Lipinski definition) is 1. The van der Waals surface area contributed by atoms with E-state index in [9.17, 15) is 9.59 Å². The summed E-state index contributed by atoms with van der Waals surface area (Å²) in [5.41, 5.74) is 2.47. The molecule has 1 heterocycles. The number of carboxylic acids is 1. The highest BCUT2D eigenvalue weighted by Crippen LogP contribution is 2.35. The van der Waals surface area contributed by atoms with Crippen LogP contribution < -0.4 is 9.64 Å². The van der Waals surface area contributed by atoms with E-state index in [4.69, 9.17) is 9.84 Å². The highest BCUT2D eigenvalue weighted by Gasteiger charge is 2.35. The van der Waals surface area contributed by atoms with Crippen molar-refractivity contribution in [1.82, 2.24) is 0 Å². The number of aryl methyl sites for hydroxylation is 1. The van der Waals surface area contributed by atoms with Gasteiger partial charge in [0.25, 0.3) is 5.91 Å². The Labute approximate surface area is 117 Å². The summed E-state index contributed by atoms with van der Waals surface area (Å²) < 4.78 is 5.55. The van der Waals surface area contributed by atoms with E-state index in [1.807, 2.05) is 32.0 Å². The lowest BCUT2D eigenvalue weighted by molar-refractivity contribution is -0.142. The van der Waals surface area contributed by atoms with Crippen molar-refractivity contribution in [1.29, 1.82) is 0 Å². The van der Waals surface area contributed by atoms with Gasteiger partial charge in [-0.05, 0) is 31.5 Å². The van der Waals surface area contributed by atoms with Crippen LogP contribution in [0.2, 0.25) is 0 Å². The first kappa shape index (κ1) is 14.1. The molecule has 0 aromatic heterocycles. The van der Waals surface area contributed by atoms with E-state index in [-0.39, 0.29) is 12.3 Å². The van der Waals surface area contributed by atoms with Crippen LogP contribution in [0.1, 0.15) is 18.9 Å². The van der Waals surface area contributed by atoms with Crippen LogP contribution in [0.25, 0.3) is 0 Å². The standard InChI is InChI=1S/C15H17NO4/c1-9(2)8-16-11-5-4-10(3)6-12(11)20-13(15(16)19)7-14(17)18/h4-6,13H,1,7-8H2,2-3H3,(H,17,18). The van der Waals surface area contributed by atoms with Gasteiger partial charge in [-0.15, -0.1) is 0 Å². The molecule has 1 N–H and O–H groups in total. The van der Waals surface area contributed by atoms with E-state index >= 15 is 0 Å². The largest absolute Gasteiger partial charge is 0.481 e. The SMILES string of the molecule is C=C(C)CN1C(=O)C(CC(=O)O)Oc2cc(C)ccc21. The Kier molecular flexibility index (Phi) is 3.79. The van der Waals surface area contributed by atoms with Crippen LogP contribution in [0.5, 0.6) is 5.75 Å². The number of amides is 1. The van der Waals surface area contributed by atoms with Gasteiger partial charge in [-0.25, -0.2) is 0 Å². The number of carbonyl (C=O) groups excluding carboxylic acids is 1. The molecule has 1 aromatic rings. The molecule has 0 fully saturated rings. The molecule has 5 nitrogen and oxygen atoms in total. The Morgan fingerprint density at radius 3 is 2.80 bits per heavy atom. The summed E-state index contributed by atoms with van der Waals surface area (Å²) in [7, 11) is 0. The second-order valence-electron chi connectivity index (χ2n) is 5.06. The van der Waals surface area contributed by atoms with Gasteiger partial charge in [-0.1, -0.05) is 18.2 Å². The Morgan fingerprint density at radius 1 is 1.50 bits per heavy atom. The average Bonchev–Trinajstić information content (AvgIpc) is 2.33. The number of carbonyl (C=O) groups is 2. The van der Waals surface area contributed by atoms with Gasteiger partial charge < -0.3 is 14.7 Å². The lowest BCUT2D eigenvalue weighted by atomic mass is 10.1. The molecular formula is C15H17NO4. The van der Waals surface area contributed by atoms with Crippen molar-refractivity contribution in [2.24, 2.45) is 0 Å². The van der Waals surface area contributed by atoms with Crippen LogP contribution in [0, 0.1) is 6.92 Å². The Balaban J connectivity index is 2.41. The predicted octanol–water partition coefficient (Wildman–Crippen LogP) is 2.14. The van der Waals surface area contributed by atoms with Crippen molar-refractivity contribution >= 4 is 17.6 Å². The van der Waals surface area contributed by atoms with Gasteiger partial charge in [0.2, 0.25) is 0 Å². The van der Waals surface area contributed by atoms with E-state index in [2.05, 4.69) is 6.58 Å². The Morgan fingerprint density at radius 2 is 2.20 bits per heavy atom. The lowest BCUT2D eigenvalue weighted by Crippen LogP contribution is -2.47. The first-order valence-electron chi connectivity index (χ1n) is 6.33.